The van der Waals surface area contributed by atoms with E-state index in [4.69, 9.17) is 4.74 Å². The monoisotopic (exact) mass is 384 g/mol. The van der Waals surface area contributed by atoms with E-state index in [-0.39, 0.29) is 28.7 Å². The van der Waals surface area contributed by atoms with Gasteiger partial charge in [-0.3, -0.25) is 14.4 Å². The van der Waals surface area contributed by atoms with Gasteiger partial charge in [0, 0.05) is 28.7 Å². The smallest absolute Gasteiger partial charge is 0.198 e. The number of fused-ring (bicyclic) bond motifs is 5. The number of hydrogen-bond acceptors (Lipinski definition) is 7. The molecule has 2 aliphatic carbocycles. The second-order valence-electron chi connectivity index (χ2n) is 7.14. The molecule has 0 saturated carbocycles. The average molecular weight is 384 g/mol. The SMILES string of the molecule is O=C1c2ccccc2C(=O)c2c(O)c3c(c(O)c21)C(O)CC1(C(=O)CF)OC31. The number of aliphatic hydroxyl groups is 1. The first-order valence-corrected chi connectivity index (χ1v) is 8.58. The van der Waals surface area contributed by atoms with Crippen LogP contribution in [0, 0.1) is 0 Å². The van der Waals surface area contributed by atoms with Crippen LogP contribution in [-0.2, 0) is 9.53 Å². The molecule has 1 saturated heterocycles. The molecule has 3 N–H and O–H groups in total. The fourth-order valence-electron chi connectivity index (χ4n) is 4.41. The Morgan fingerprint density at radius 1 is 1.07 bits per heavy atom. The Morgan fingerprint density at radius 3 is 2.14 bits per heavy atom. The van der Waals surface area contributed by atoms with Gasteiger partial charge in [0.2, 0.25) is 0 Å². The summed E-state index contributed by atoms with van der Waals surface area (Å²) in [5.41, 5.74) is -2.65. The summed E-state index contributed by atoms with van der Waals surface area (Å²) in [6, 6.07) is 5.98. The third kappa shape index (κ3) is 1.81. The summed E-state index contributed by atoms with van der Waals surface area (Å²) in [5, 5.41) is 32.1. The Bertz CT molecular complexity index is 1120. The molecule has 28 heavy (non-hydrogen) atoms. The van der Waals surface area contributed by atoms with E-state index in [1.54, 1.807) is 12.1 Å². The van der Waals surface area contributed by atoms with Gasteiger partial charge in [-0.05, 0) is 0 Å². The van der Waals surface area contributed by atoms with Gasteiger partial charge in [0.25, 0.3) is 0 Å². The van der Waals surface area contributed by atoms with Crippen molar-refractivity contribution >= 4 is 17.3 Å². The maximum Gasteiger partial charge on any atom is 0.198 e. The summed E-state index contributed by atoms with van der Waals surface area (Å²) in [5.74, 6) is -3.52. The number of Topliss-reactive ketones (excluding diaryl/α,β-unsaturated/α-hetero) is 1. The lowest BCUT2D eigenvalue weighted by molar-refractivity contribution is -0.126. The second kappa shape index (κ2) is 5.24. The maximum absolute atomic E-state index is 13.0. The zero-order valence-corrected chi connectivity index (χ0v) is 14.2. The minimum atomic E-state index is -1.64. The van der Waals surface area contributed by atoms with Crippen molar-refractivity contribution in [3.63, 3.8) is 0 Å². The first-order chi connectivity index (χ1) is 13.3. The van der Waals surface area contributed by atoms with Gasteiger partial charge in [-0.1, -0.05) is 24.3 Å². The zero-order valence-electron chi connectivity index (χ0n) is 14.2. The van der Waals surface area contributed by atoms with Gasteiger partial charge < -0.3 is 20.1 Å². The number of halogens is 1. The predicted octanol–water partition coefficient (Wildman–Crippen LogP) is 1.66. The van der Waals surface area contributed by atoms with Crippen LogP contribution in [-0.4, -0.2) is 44.9 Å². The highest BCUT2D eigenvalue weighted by molar-refractivity contribution is 6.30. The first kappa shape index (κ1) is 17.0. The van der Waals surface area contributed by atoms with Crippen LogP contribution in [0.2, 0.25) is 0 Å². The number of benzene rings is 2. The largest absolute Gasteiger partial charge is 0.507 e. The van der Waals surface area contributed by atoms with Gasteiger partial charge in [0.05, 0.1) is 17.2 Å². The summed E-state index contributed by atoms with van der Waals surface area (Å²) in [6.07, 6.45) is -2.91. The normalized spacial score (nSPS) is 26.8. The molecule has 1 aliphatic heterocycles. The number of carbonyl (C=O) groups is 3. The molecule has 3 atom stereocenters. The van der Waals surface area contributed by atoms with Crippen molar-refractivity contribution in [3.05, 3.63) is 57.6 Å². The molecule has 0 bridgehead atoms. The Morgan fingerprint density at radius 2 is 1.61 bits per heavy atom. The summed E-state index contributed by atoms with van der Waals surface area (Å²) in [6.45, 7) is -1.32. The molecule has 8 heteroatoms. The zero-order chi connectivity index (χ0) is 20.0. The van der Waals surface area contributed by atoms with Crippen LogP contribution in [0.3, 0.4) is 0 Å². The third-order valence-electron chi connectivity index (χ3n) is 5.77. The Kier molecular flexibility index (Phi) is 3.19. The average Bonchev–Trinajstić information content (AvgIpc) is 3.42. The topological polar surface area (TPSA) is 124 Å². The molecular formula is C20H13FO7. The molecule has 3 unspecified atom stereocenters. The van der Waals surface area contributed by atoms with Gasteiger partial charge >= 0.3 is 0 Å². The van der Waals surface area contributed by atoms with Crippen molar-refractivity contribution in [2.24, 2.45) is 0 Å². The van der Waals surface area contributed by atoms with Crippen LogP contribution >= 0.6 is 0 Å². The van der Waals surface area contributed by atoms with E-state index < -0.39 is 64.5 Å². The number of hydrogen-bond donors (Lipinski definition) is 3. The number of phenolic OH excluding ortho intramolecular Hbond substituents is 2. The van der Waals surface area contributed by atoms with Crippen LogP contribution < -0.4 is 0 Å². The lowest BCUT2D eigenvalue weighted by Crippen LogP contribution is -2.33. The number of aromatic hydroxyl groups is 2. The molecule has 142 valence electrons. The van der Waals surface area contributed by atoms with Crippen LogP contribution in [0.25, 0.3) is 0 Å². The number of carbonyl (C=O) groups excluding carboxylic acids is 3. The molecule has 2 aromatic carbocycles. The molecule has 1 fully saturated rings. The van der Waals surface area contributed by atoms with E-state index in [9.17, 15) is 34.1 Å². The van der Waals surface area contributed by atoms with Gasteiger partial charge in [0.1, 0.15) is 17.6 Å². The molecule has 2 aromatic rings. The Balaban J connectivity index is 1.79. The fourth-order valence-corrected chi connectivity index (χ4v) is 4.41. The maximum atomic E-state index is 13.0. The fraction of sp³-hybridized carbons (Fsp3) is 0.250. The lowest BCUT2D eigenvalue weighted by atomic mass is 9.74. The van der Waals surface area contributed by atoms with Gasteiger partial charge in [-0.25, -0.2) is 4.39 Å². The van der Waals surface area contributed by atoms with E-state index in [1.165, 1.54) is 12.1 Å². The molecule has 1 heterocycles. The summed E-state index contributed by atoms with van der Waals surface area (Å²) < 4.78 is 18.3. The van der Waals surface area contributed by atoms with Crippen molar-refractivity contribution in [3.8, 4) is 11.5 Å². The number of epoxide rings is 1. The van der Waals surface area contributed by atoms with Gasteiger partial charge in [-0.2, -0.15) is 0 Å². The second-order valence-corrected chi connectivity index (χ2v) is 7.14. The highest BCUT2D eigenvalue weighted by Crippen LogP contribution is 2.64. The van der Waals surface area contributed by atoms with Gasteiger partial charge in [0.15, 0.2) is 29.6 Å². The van der Waals surface area contributed by atoms with E-state index in [1.807, 2.05) is 0 Å². The quantitative estimate of drug-likeness (QED) is 0.453. The van der Waals surface area contributed by atoms with Gasteiger partial charge in [-0.15, -0.1) is 0 Å². The minimum Gasteiger partial charge on any atom is -0.507 e. The highest BCUT2D eigenvalue weighted by Gasteiger charge is 2.68. The first-order valence-electron chi connectivity index (χ1n) is 8.58. The van der Waals surface area contributed by atoms with E-state index in [0.29, 0.717) is 0 Å². The van der Waals surface area contributed by atoms with Crippen molar-refractivity contribution in [1.82, 2.24) is 0 Å². The predicted molar refractivity (Wildman–Crippen MR) is 90.2 cm³/mol. The molecule has 0 amide bonds. The number of rotatable bonds is 2. The van der Waals surface area contributed by atoms with Crippen LogP contribution in [0.5, 0.6) is 11.5 Å². The van der Waals surface area contributed by atoms with Crippen molar-refractivity contribution < 1.29 is 38.8 Å². The van der Waals surface area contributed by atoms with Crippen molar-refractivity contribution in [2.75, 3.05) is 6.67 Å². The molecule has 0 radical (unpaired) electrons. The molecule has 7 nitrogen and oxygen atoms in total. The number of phenols is 2. The van der Waals surface area contributed by atoms with Crippen molar-refractivity contribution in [1.29, 1.82) is 0 Å². The number of aliphatic hydroxyl groups excluding tert-OH is 1. The summed E-state index contributed by atoms with van der Waals surface area (Å²) >= 11 is 0. The highest BCUT2D eigenvalue weighted by atomic mass is 19.1. The summed E-state index contributed by atoms with van der Waals surface area (Å²) in [4.78, 5) is 37.8. The van der Waals surface area contributed by atoms with E-state index in [2.05, 4.69) is 0 Å². The molecule has 0 aromatic heterocycles. The van der Waals surface area contributed by atoms with E-state index >= 15 is 0 Å². The third-order valence-corrected chi connectivity index (χ3v) is 5.77. The Labute approximate surface area is 157 Å². The molecular weight excluding hydrogens is 371 g/mol. The molecule has 0 spiro atoms. The standard InChI is InChI=1S/C20H13FO7/c21-6-10(23)20-5-9(22)11-14(19(20)28-20)18(27)13-12(17(11)26)15(24)7-3-1-2-4-8(7)16(13)25/h1-4,9,19,22,26-27H,5-6H2. The van der Waals surface area contributed by atoms with Crippen LogP contribution in [0.4, 0.5) is 4.39 Å². The van der Waals surface area contributed by atoms with Crippen molar-refractivity contribution in [2.45, 2.75) is 24.2 Å². The molecule has 3 aliphatic rings. The lowest BCUT2D eigenvalue weighted by Gasteiger charge is -2.29. The molecule has 5 rings (SSSR count). The number of alkyl halides is 1. The van der Waals surface area contributed by atoms with Crippen LogP contribution in [0.15, 0.2) is 24.3 Å². The number of ketones is 3. The van der Waals surface area contributed by atoms with Crippen LogP contribution in [0.1, 0.15) is 61.6 Å². The minimum absolute atomic E-state index is 0.0637. The summed E-state index contributed by atoms with van der Waals surface area (Å²) in [7, 11) is 0. The Hall–Kier alpha value is -3.10. The van der Waals surface area contributed by atoms with E-state index in [0.717, 1.165) is 0 Å². The number of ether oxygens (including phenoxy) is 1.